The number of carboxylic acid groups (broad SMARTS) is 1. The lowest BCUT2D eigenvalue weighted by molar-refractivity contribution is -0.139. The van der Waals surface area contributed by atoms with Gasteiger partial charge in [0.15, 0.2) is 0 Å². The highest BCUT2D eigenvalue weighted by atomic mass is 79.9. The fraction of sp³-hybridized carbons (Fsp3) is 0.556. The molecule has 1 atom stereocenters. The van der Waals surface area contributed by atoms with Gasteiger partial charge in [-0.05, 0) is 43.4 Å². The second-order valence-corrected chi connectivity index (χ2v) is 7.03. The van der Waals surface area contributed by atoms with E-state index in [9.17, 15) is 9.59 Å². The van der Waals surface area contributed by atoms with Gasteiger partial charge < -0.3 is 14.7 Å². The van der Waals surface area contributed by atoms with Crippen LogP contribution in [0.2, 0.25) is 0 Å². The van der Waals surface area contributed by atoms with Gasteiger partial charge in [-0.15, -0.1) is 0 Å². The summed E-state index contributed by atoms with van der Waals surface area (Å²) in [5.74, 6) is -0.900. The molecular weight excluding hydrogens is 374 g/mol. The Labute approximate surface area is 151 Å². The maximum absolute atomic E-state index is 12.6. The van der Waals surface area contributed by atoms with Crippen molar-refractivity contribution in [2.24, 2.45) is 0 Å². The van der Waals surface area contributed by atoms with Crippen molar-refractivity contribution in [3.05, 3.63) is 34.3 Å². The highest BCUT2D eigenvalue weighted by molar-refractivity contribution is 9.10. The van der Waals surface area contributed by atoms with Gasteiger partial charge in [-0.2, -0.15) is 0 Å². The first-order valence-electron chi connectivity index (χ1n) is 8.40. The summed E-state index contributed by atoms with van der Waals surface area (Å²) < 4.78 is 6.61. The molecule has 0 radical (unpaired) electrons. The lowest BCUT2D eigenvalue weighted by Gasteiger charge is -2.25. The van der Waals surface area contributed by atoms with Gasteiger partial charge in [0.25, 0.3) is 0 Å². The number of aliphatic carboxylic acids is 1. The average Bonchev–Trinajstić information content (AvgIpc) is 2.57. The minimum atomic E-state index is -0.891. The van der Waals surface area contributed by atoms with Crippen molar-refractivity contribution in [2.75, 3.05) is 13.2 Å². The van der Waals surface area contributed by atoms with Gasteiger partial charge in [0.05, 0.1) is 12.5 Å². The molecule has 24 heavy (non-hydrogen) atoms. The number of rotatable bonds is 8. The van der Waals surface area contributed by atoms with E-state index in [1.165, 1.54) is 0 Å². The molecule has 1 aliphatic heterocycles. The van der Waals surface area contributed by atoms with E-state index < -0.39 is 5.97 Å². The van der Waals surface area contributed by atoms with Crippen LogP contribution < -0.4 is 0 Å². The molecular formula is C18H24BrNO4. The highest BCUT2D eigenvalue weighted by Crippen LogP contribution is 2.19. The summed E-state index contributed by atoms with van der Waals surface area (Å²) in [5, 5.41) is 8.92. The Morgan fingerprint density at radius 3 is 2.79 bits per heavy atom. The molecule has 1 amide bonds. The average molecular weight is 398 g/mol. The number of carbonyl (C=O) groups excluding carboxylic acids is 1. The first kappa shape index (κ1) is 18.9. The van der Waals surface area contributed by atoms with Crippen molar-refractivity contribution in [3.63, 3.8) is 0 Å². The van der Waals surface area contributed by atoms with E-state index in [-0.39, 0.29) is 25.0 Å². The molecule has 6 heteroatoms. The molecule has 5 nitrogen and oxygen atoms in total. The number of ether oxygens (including phenoxy) is 1. The molecule has 1 aromatic rings. The molecule has 1 aliphatic rings. The van der Waals surface area contributed by atoms with Gasteiger partial charge >= 0.3 is 5.97 Å². The third kappa shape index (κ3) is 6.61. The second-order valence-electron chi connectivity index (χ2n) is 6.12. The number of amides is 1. The van der Waals surface area contributed by atoms with E-state index in [0.29, 0.717) is 19.4 Å². The predicted molar refractivity (Wildman–Crippen MR) is 94.6 cm³/mol. The lowest BCUT2D eigenvalue weighted by atomic mass is 10.0. The van der Waals surface area contributed by atoms with E-state index in [1.54, 1.807) is 4.90 Å². The van der Waals surface area contributed by atoms with Crippen LogP contribution in [-0.2, 0) is 20.9 Å². The molecule has 1 unspecified atom stereocenters. The maximum atomic E-state index is 12.6. The van der Waals surface area contributed by atoms with Gasteiger partial charge in [0.1, 0.15) is 0 Å². The summed E-state index contributed by atoms with van der Waals surface area (Å²) in [4.78, 5) is 25.1. The van der Waals surface area contributed by atoms with Crippen molar-refractivity contribution in [3.8, 4) is 0 Å². The van der Waals surface area contributed by atoms with Crippen molar-refractivity contribution in [1.29, 1.82) is 0 Å². The number of carbonyl (C=O) groups is 2. The number of benzene rings is 1. The Balaban J connectivity index is 1.92. The summed E-state index contributed by atoms with van der Waals surface area (Å²) in [6.07, 6.45) is 4.49. The Kier molecular flexibility index (Phi) is 7.72. The molecule has 2 rings (SSSR count). The molecule has 0 aliphatic carbocycles. The van der Waals surface area contributed by atoms with Crippen molar-refractivity contribution in [1.82, 2.24) is 4.90 Å². The zero-order valence-electron chi connectivity index (χ0n) is 13.7. The van der Waals surface area contributed by atoms with Crippen molar-refractivity contribution >= 4 is 27.8 Å². The van der Waals surface area contributed by atoms with E-state index in [2.05, 4.69) is 15.9 Å². The van der Waals surface area contributed by atoms with E-state index in [1.807, 2.05) is 24.3 Å². The zero-order chi connectivity index (χ0) is 17.4. The smallest absolute Gasteiger partial charge is 0.305 e. The Morgan fingerprint density at radius 1 is 1.29 bits per heavy atom. The van der Waals surface area contributed by atoms with E-state index in [4.69, 9.17) is 9.84 Å². The standard InChI is InChI=1S/C18H24BrNO4/c19-15-5-3-4-14(12-15)13-20(10-9-18(22)23)17(21)8-7-16-6-1-2-11-24-16/h3-5,12,16H,1-2,6-11,13H2,(H,22,23). The van der Waals surface area contributed by atoms with Crippen LogP contribution in [0.15, 0.2) is 28.7 Å². The number of hydrogen-bond donors (Lipinski definition) is 1. The first-order valence-corrected chi connectivity index (χ1v) is 9.19. The SMILES string of the molecule is O=C(O)CCN(Cc1cccc(Br)c1)C(=O)CCC1CCCCO1. The first-order chi connectivity index (χ1) is 11.5. The van der Waals surface area contributed by atoms with Crippen LogP contribution in [0.25, 0.3) is 0 Å². The quantitative estimate of drug-likeness (QED) is 0.727. The van der Waals surface area contributed by atoms with Crippen molar-refractivity contribution < 1.29 is 19.4 Å². The number of hydrogen-bond acceptors (Lipinski definition) is 3. The molecule has 0 aromatic heterocycles. The molecule has 1 N–H and O–H groups in total. The molecule has 1 heterocycles. The second kappa shape index (κ2) is 9.79. The van der Waals surface area contributed by atoms with E-state index in [0.717, 1.165) is 35.9 Å². The fourth-order valence-corrected chi connectivity index (χ4v) is 3.30. The molecule has 0 spiro atoms. The third-order valence-corrected chi connectivity index (χ3v) is 4.66. The predicted octanol–water partition coefficient (Wildman–Crippen LogP) is 3.60. The van der Waals surface area contributed by atoms with E-state index >= 15 is 0 Å². The topological polar surface area (TPSA) is 66.8 Å². The van der Waals surface area contributed by atoms with Gasteiger partial charge in [-0.25, -0.2) is 0 Å². The highest BCUT2D eigenvalue weighted by Gasteiger charge is 2.19. The lowest BCUT2D eigenvalue weighted by Crippen LogP contribution is -2.33. The molecule has 0 bridgehead atoms. The molecule has 132 valence electrons. The minimum absolute atomic E-state index is 0.00889. The Hall–Kier alpha value is -1.40. The largest absolute Gasteiger partial charge is 0.481 e. The fourth-order valence-electron chi connectivity index (χ4n) is 2.86. The van der Waals surface area contributed by atoms with Crippen LogP contribution in [0.1, 0.15) is 44.1 Å². The summed E-state index contributed by atoms with van der Waals surface area (Å²) in [6, 6.07) is 7.73. The van der Waals surface area contributed by atoms with Crippen LogP contribution in [0.3, 0.4) is 0 Å². The summed E-state index contributed by atoms with van der Waals surface area (Å²) in [6.45, 7) is 1.43. The van der Waals surface area contributed by atoms with Crippen LogP contribution in [0.5, 0.6) is 0 Å². The van der Waals surface area contributed by atoms with Crippen LogP contribution in [0.4, 0.5) is 0 Å². The molecule has 0 saturated carbocycles. The number of carboxylic acids is 1. The number of halogens is 1. The van der Waals surface area contributed by atoms with Crippen LogP contribution in [-0.4, -0.2) is 41.1 Å². The van der Waals surface area contributed by atoms with Crippen LogP contribution in [0, 0.1) is 0 Å². The van der Waals surface area contributed by atoms with Gasteiger partial charge in [0.2, 0.25) is 5.91 Å². The monoisotopic (exact) mass is 397 g/mol. The van der Waals surface area contributed by atoms with Gasteiger partial charge in [-0.1, -0.05) is 28.1 Å². The maximum Gasteiger partial charge on any atom is 0.305 e. The molecule has 1 aromatic carbocycles. The van der Waals surface area contributed by atoms with Crippen LogP contribution >= 0.6 is 15.9 Å². The van der Waals surface area contributed by atoms with Gasteiger partial charge in [0, 0.05) is 30.6 Å². The number of nitrogens with zero attached hydrogens (tertiary/aromatic N) is 1. The summed E-state index contributed by atoms with van der Waals surface area (Å²) >= 11 is 3.42. The Morgan fingerprint density at radius 2 is 2.12 bits per heavy atom. The summed E-state index contributed by atoms with van der Waals surface area (Å²) in [7, 11) is 0. The Bertz CT molecular complexity index is 558. The minimum Gasteiger partial charge on any atom is -0.481 e. The molecule has 1 saturated heterocycles. The third-order valence-electron chi connectivity index (χ3n) is 4.16. The summed E-state index contributed by atoms with van der Waals surface area (Å²) in [5.41, 5.74) is 0.983. The van der Waals surface area contributed by atoms with Crippen molar-refractivity contribution in [2.45, 2.75) is 51.2 Å². The zero-order valence-corrected chi connectivity index (χ0v) is 15.3. The normalized spacial score (nSPS) is 17.5. The van der Waals surface area contributed by atoms with Gasteiger partial charge in [-0.3, -0.25) is 9.59 Å². The molecule has 1 fully saturated rings.